The molecule has 13 heavy (non-hydrogen) atoms. The zero-order valence-electron chi connectivity index (χ0n) is 6.76. The third-order valence-electron chi connectivity index (χ3n) is 1.11. The molecule has 0 radical (unpaired) electrons. The number of hydrogen-bond acceptors (Lipinski definition) is 3. The van der Waals surface area contributed by atoms with Gasteiger partial charge in [0.1, 0.15) is 6.54 Å². The number of nitrogens with two attached hydrogens (primary N) is 1. The van der Waals surface area contributed by atoms with E-state index in [1.54, 1.807) is 0 Å². The maximum atomic E-state index is 11.6. The van der Waals surface area contributed by atoms with E-state index in [4.69, 9.17) is 5.73 Å². The molecule has 0 saturated heterocycles. The first-order valence-corrected chi connectivity index (χ1v) is 5.16. The largest absolute Gasteiger partial charge is 0.402 e. The average molecular weight is 220 g/mol. The lowest BCUT2D eigenvalue weighted by Crippen LogP contribution is -2.35. The van der Waals surface area contributed by atoms with Crippen LogP contribution in [0.2, 0.25) is 0 Å². The van der Waals surface area contributed by atoms with E-state index >= 15 is 0 Å². The Morgan fingerprint density at radius 1 is 1.31 bits per heavy atom. The van der Waals surface area contributed by atoms with Crippen molar-refractivity contribution in [1.82, 2.24) is 4.72 Å². The molecule has 4 nitrogen and oxygen atoms in total. The summed E-state index contributed by atoms with van der Waals surface area (Å²) in [4.78, 5) is 0. The Labute approximate surface area is 74.3 Å². The topological polar surface area (TPSA) is 72.2 Å². The summed E-state index contributed by atoms with van der Waals surface area (Å²) in [5, 5.41) is 0. The second kappa shape index (κ2) is 4.77. The normalized spacial score (nSPS) is 13.2. The first-order valence-electron chi connectivity index (χ1n) is 3.51. The van der Waals surface area contributed by atoms with Crippen molar-refractivity contribution in [3.05, 3.63) is 0 Å². The van der Waals surface area contributed by atoms with Gasteiger partial charge in [-0.05, 0) is 13.0 Å². The Bertz CT molecular complexity index is 237. The van der Waals surface area contributed by atoms with Crippen molar-refractivity contribution >= 4 is 10.0 Å². The molecule has 0 aromatic rings. The molecule has 3 N–H and O–H groups in total. The first kappa shape index (κ1) is 12.7. The van der Waals surface area contributed by atoms with Crippen LogP contribution in [-0.4, -0.2) is 33.4 Å². The van der Waals surface area contributed by atoms with Gasteiger partial charge in [-0.3, -0.25) is 0 Å². The molecule has 0 aromatic heterocycles. The molecule has 0 aromatic carbocycles. The molecule has 0 spiro atoms. The third-order valence-corrected chi connectivity index (χ3v) is 2.52. The second-order valence-electron chi connectivity index (χ2n) is 2.40. The zero-order chi connectivity index (χ0) is 10.5. The maximum Gasteiger partial charge on any atom is 0.402 e. The van der Waals surface area contributed by atoms with Gasteiger partial charge in [0.25, 0.3) is 0 Å². The Kier molecular flexibility index (Phi) is 4.65. The van der Waals surface area contributed by atoms with Crippen LogP contribution in [0.4, 0.5) is 13.2 Å². The van der Waals surface area contributed by atoms with Crippen molar-refractivity contribution < 1.29 is 21.6 Å². The molecule has 0 unspecified atom stereocenters. The predicted molar refractivity (Wildman–Crippen MR) is 41.5 cm³/mol. The van der Waals surface area contributed by atoms with Crippen LogP contribution in [0.1, 0.15) is 6.42 Å². The number of sulfonamides is 1. The van der Waals surface area contributed by atoms with Gasteiger partial charge in [0, 0.05) is 0 Å². The van der Waals surface area contributed by atoms with Gasteiger partial charge in [-0.1, -0.05) is 0 Å². The Hall–Kier alpha value is -0.340. The summed E-state index contributed by atoms with van der Waals surface area (Å²) in [6.07, 6.45) is -4.37. The molecule has 0 heterocycles. The fourth-order valence-electron chi connectivity index (χ4n) is 0.537. The highest BCUT2D eigenvalue weighted by atomic mass is 32.2. The van der Waals surface area contributed by atoms with Gasteiger partial charge in [0.15, 0.2) is 0 Å². The molecule has 0 bridgehead atoms. The first-order chi connectivity index (χ1) is 5.77. The van der Waals surface area contributed by atoms with Crippen molar-refractivity contribution in [3.63, 3.8) is 0 Å². The fraction of sp³-hybridized carbons (Fsp3) is 1.00. The fourth-order valence-corrected chi connectivity index (χ4v) is 1.61. The summed E-state index contributed by atoms with van der Waals surface area (Å²) in [6, 6.07) is 0. The van der Waals surface area contributed by atoms with Crippen LogP contribution in [0.15, 0.2) is 0 Å². The van der Waals surface area contributed by atoms with E-state index in [0.29, 0.717) is 0 Å². The zero-order valence-corrected chi connectivity index (χ0v) is 7.58. The molecule has 0 aliphatic heterocycles. The molecule has 0 saturated carbocycles. The van der Waals surface area contributed by atoms with E-state index in [0.717, 1.165) is 0 Å². The summed E-state index contributed by atoms with van der Waals surface area (Å²) >= 11 is 0. The van der Waals surface area contributed by atoms with Gasteiger partial charge in [-0.25, -0.2) is 13.1 Å². The molecule has 0 aliphatic carbocycles. The van der Waals surface area contributed by atoms with Gasteiger partial charge in [-0.15, -0.1) is 0 Å². The third kappa shape index (κ3) is 8.00. The SMILES string of the molecule is NCCCS(=O)(=O)NCC(F)(F)F. The Balaban J connectivity index is 3.91. The lowest BCUT2D eigenvalue weighted by atomic mass is 10.5. The highest BCUT2D eigenvalue weighted by molar-refractivity contribution is 7.89. The van der Waals surface area contributed by atoms with E-state index in [-0.39, 0.29) is 18.7 Å². The van der Waals surface area contributed by atoms with Crippen LogP contribution < -0.4 is 10.5 Å². The van der Waals surface area contributed by atoms with Crippen molar-refractivity contribution in [2.24, 2.45) is 5.73 Å². The summed E-state index contributed by atoms with van der Waals surface area (Å²) < 4.78 is 57.6. The number of rotatable bonds is 5. The number of hydrogen-bond donors (Lipinski definition) is 2. The van der Waals surface area contributed by atoms with E-state index in [1.165, 1.54) is 4.72 Å². The predicted octanol–water partition coefficient (Wildman–Crippen LogP) is -0.183. The summed E-state index contributed by atoms with van der Waals surface area (Å²) in [6.45, 7) is -1.40. The van der Waals surface area contributed by atoms with E-state index < -0.39 is 22.7 Å². The average Bonchev–Trinajstić information content (AvgIpc) is 1.97. The molecule has 0 aliphatic rings. The van der Waals surface area contributed by atoms with E-state index in [2.05, 4.69) is 0 Å². The van der Waals surface area contributed by atoms with Gasteiger partial charge in [0.05, 0.1) is 5.75 Å². The molecule has 0 fully saturated rings. The van der Waals surface area contributed by atoms with Crippen LogP contribution in [0.25, 0.3) is 0 Å². The molecular formula is C5H11F3N2O2S. The van der Waals surface area contributed by atoms with Crippen LogP contribution in [0, 0.1) is 0 Å². The van der Waals surface area contributed by atoms with Crippen molar-refractivity contribution in [2.75, 3.05) is 18.8 Å². The van der Waals surface area contributed by atoms with E-state index in [9.17, 15) is 21.6 Å². The van der Waals surface area contributed by atoms with Gasteiger partial charge in [-0.2, -0.15) is 13.2 Å². The van der Waals surface area contributed by atoms with Crippen LogP contribution in [0.3, 0.4) is 0 Å². The lowest BCUT2D eigenvalue weighted by Gasteiger charge is -2.08. The minimum atomic E-state index is -4.52. The summed E-state index contributed by atoms with van der Waals surface area (Å²) in [5.74, 6) is -0.375. The van der Waals surface area contributed by atoms with Gasteiger partial charge < -0.3 is 5.73 Å². The molecule has 80 valence electrons. The standard InChI is InChI=1S/C5H11F3N2O2S/c6-5(7,8)4-10-13(11,12)3-1-2-9/h10H,1-4,9H2. The Morgan fingerprint density at radius 2 is 1.85 bits per heavy atom. The van der Waals surface area contributed by atoms with Crippen LogP contribution in [-0.2, 0) is 10.0 Å². The molecule has 0 rings (SSSR count). The highest BCUT2D eigenvalue weighted by Crippen LogP contribution is 2.12. The quantitative estimate of drug-likeness (QED) is 0.675. The molecule has 8 heteroatoms. The van der Waals surface area contributed by atoms with Crippen molar-refractivity contribution in [1.29, 1.82) is 0 Å². The van der Waals surface area contributed by atoms with Crippen LogP contribution in [0.5, 0.6) is 0 Å². The van der Waals surface area contributed by atoms with Crippen molar-refractivity contribution in [3.8, 4) is 0 Å². The number of halogens is 3. The van der Waals surface area contributed by atoms with E-state index in [1.807, 2.05) is 0 Å². The van der Waals surface area contributed by atoms with Gasteiger partial charge in [0.2, 0.25) is 10.0 Å². The minimum Gasteiger partial charge on any atom is -0.330 e. The van der Waals surface area contributed by atoms with Gasteiger partial charge >= 0.3 is 6.18 Å². The highest BCUT2D eigenvalue weighted by Gasteiger charge is 2.29. The molecular weight excluding hydrogens is 209 g/mol. The monoisotopic (exact) mass is 220 g/mol. The smallest absolute Gasteiger partial charge is 0.330 e. The molecule has 0 amide bonds. The summed E-state index contributed by atoms with van der Waals surface area (Å²) in [7, 11) is -3.83. The Morgan fingerprint density at radius 3 is 2.23 bits per heavy atom. The number of nitrogens with one attached hydrogen (secondary N) is 1. The van der Waals surface area contributed by atoms with Crippen molar-refractivity contribution in [2.45, 2.75) is 12.6 Å². The molecule has 0 atom stereocenters. The lowest BCUT2D eigenvalue weighted by molar-refractivity contribution is -0.121. The minimum absolute atomic E-state index is 0.132. The maximum absolute atomic E-state index is 11.6. The van der Waals surface area contributed by atoms with Crippen LogP contribution >= 0.6 is 0 Å². The number of alkyl halides is 3. The summed E-state index contributed by atoms with van der Waals surface area (Å²) in [5.41, 5.74) is 5.00. The second-order valence-corrected chi connectivity index (χ2v) is 4.32.